The van der Waals surface area contributed by atoms with Crippen molar-refractivity contribution in [1.82, 2.24) is 14.9 Å². The molecule has 1 rings (SSSR count). The lowest BCUT2D eigenvalue weighted by atomic mass is 10.3. The van der Waals surface area contributed by atoms with Gasteiger partial charge < -0.3 is 10.2 Å². The van der Waals surface area contributed by atoms with Crippen LogP contribution in [0.3, 0.4) is 0 Å². The van der Waals surface area contributed by atoms with Crippen LogP contribution < -0.4 is 10.0 Å². The molecule has 1 heterocycles. The molecule has 0 aliphatic rings. The van der Waals surface area contributed by atoms with Gasteiger partial charge in [0.25, 0.3) is 0 Å². The van der Waals surface area contributed by atoms with Crippen LogP contribution in [-0.4, -0.2) is 45.5 Å². The van der Waals surface area contributed by atoms with E-state index in [4.69, 9.17) is 0 Å². The maximum atomic E-state index is 12.3. The zero-order valence-corrected chi connectivity index (χ0v) is 15.0. The molecule has 0 radical (unpaired) electrons. The molecule has 0 saturated carbocycles. The molecular formula is C14H27N3O2S2. The molecule has 21 heavy (non-hydrogen) atoms. The first-order chi connectivity index (χ1) is 9.92. The second-order valence-corrected chi connectivity index (χ2v) is 7.75. The van der Waals surface area contributed by atoms with E-state index in [0.717, 1.165) is 31.1 Å². The number of hydrogen-bond acceptors (Lipinski definition) is 5. The van der Waals surface area contributed by atoms with E-state index in [-0.39, 0.29) is 6.04 Å². The van der Waals surface area contributed by atoms with E-state index >= 15 is 0 Å². The predicted molar refractivity (Wildman–Crippen MR) is 89.3 cm³/mol. The van der Waals surface area contributed by atoms with Crippen LogP contribution in [0.25, 0.3) is 0 Å². The molecule has 5 nitrogen and oxygen atoms in total. The predicted octanol–water partition coefficient (Wildman–Crippen LogP) is 1.87. The molecule has 1 unspecified atom stereocenters. The summed E-state index contributed by atoms with van der Waals surface area (Å²) in [5.41, 5.74) is 0. The minimum atomic E-state index is -3.42. The van der Waals surface area contributed by atoms with Gasteiger partial charge in [0.1, 0.15) is 0 Å². The first-order valence-corrected chi connectivity index (χ1v) is 9.82. The Morgan fingerprint density at radius 2 is 1.95 bits per heavy atom. The molecular weight excluding hydrogens is 306 g/mol. The van der Waals surface area contributed by atoms with E-state index in [0.29, 0.717) is 11.4 Å². The number of nitrogens with one attached hydrogen (secondary N) is 2. The van der Waals surface area contributed by atoms with Gasteiger partial charge in [-0.15, -0.1) is 11.3 Å². The molecule has 0 aliphatic carbocycles. The highest BCUT2D eigenvalue weighted by Gasteiger charge is 2.19. The summed E-state index contributed by atoms with van der Waals surface area (Å²) in [6, 6.07) is 1.65. The minimum absolute atomic E-state index is 0.105. The van der Waals surface area contributed by atoms with Crippen molar-refractivity contribution in [3.8, 4) is 0 Å². The monoisotopic (exact) mass is 333 g/mol. The van der Waals surface area contributed by atoms with Crippen LogP contribution in [0.15, 0.2) is 16.3 Å². The number of thiophene rings is 1. The van der Waals surface area contributed by atoms with E-state index in [1.165, 1.54) is 11.3 Å². The highest BCUT2D eigenvalue weighted by atomic mass is 32.2. The Hall–Kier alpha value is -0.470. The molecule has 0 aromatic carbocycles. The van der Waals surface area contributed by atoms with Gasteiger partial charge in [0.15, 0.2) is 0 Å². The van der Waals surface area contributed by atoms with Crippen molar-refractivity contribution < 1.29 is 8.42 Å². The third-order valence-electron chi connectivity index (χ3n) is 3.27. The molecule has 1 atom stereocenters. The third-order valence-corrected chi connectivity index (χ3v) is 5.93. The van der Waals surface area contributed by atoms with Gasteiger partial charge in [0.2, 0.25) is 10.0 Å². The minimum Gasteiger partial charge on any atom is -0.312 e. The first kappa shape index (κ1) is 18.6. The topological polar surface area (TPSA) is 61.4 Å². The molecule has 0 spiro atoms. The summed E-state index contributed by atoms with van der Waals surface area (Å²) in [6.07, 6.45) is 0. The molecule has 1 aromatic heterocycles. The molecule has 0 amide bonds. The Bertz CT molecular complexity index is 510. The third kappa shape index (κ3) is 6.04. The number of rotatable bonds is 10. The van der Waals surface area contributed by atoms with Gasteiger partial charge in [-0.2, -0.15) is 0 Å². The lowest BCUT2D eigenvalue weighted by molar-refractivity contribution is 0.282. The van der Waals surface area contributed by atoms with Crippen molar-refractivity contribution in [3.05, 3.63) is 16.3 Å². The average molecular weight is 334 g/mol. The van der Waals surface area contributed by atoms with Crippen molar-refractivity contribution in [2.75, 3.05) is 26.2 Å². The number of hydrogen-bond donors (Lipinski definition) is 2. The SMILES string of the molecule is CCNCc1cc(S(=O)(=O)NC(C)CN(CC)CC)cs1. The lowest BCUT2D eigenvalue weighted by Gasteiger charge is -2.23. The highest BCUT2D eigenvalue weighted by molar-refractivity contribution is 7.89. The molecule has 7 heteroatoms. The van der Waals surface area contributed by atoms with E-state index in [2.05, 4.69) is 28.8 Å². The van der Waals surface area contributed by atoms with Gasteiger partial charge in [0.05, 0.1) is 4.90 Å². The van der Waals surface area contributed by atoms with Crippen molar-refractivity contribution >= 4 is 21.4 Å². The standard InChI is InChI=1S/C14H27N3O2S2/c1-5-15-9-13-8-14(11-20-13)21(18,19)16-12(4)10-17(6-2)7-3/h8,11-12,15-16H,5-7,9-10H2,1-4H3. The fraction of sp³-hybridized carbons (Fsp3) is 0.714. The summed E-state index contributed by atoms with van der Waals surface area (Å²) in [5, 5.41) is 4.91. The van der Waals surface area contributed by atoms with Crippen LogP contribution in [0.1, 0.15) is 32.6 Å². The fourth-order valence-corrected chi connectivity index (χ4v) is 4.56. The van der Waals surface area contributed by atoms with Gasteiger partial charge in [-0.25, -0.2) is 13.1 Å². The molecule has 122 valence electrons. The second kappa shape index (κ2) is 8.85. The second-order valence-electron chi connectivity index (χ2n) is 5.04. The molecule has 0 bridgehead atoms. The summed E-state index contributed by atoms with van der Waals surface area (Å²) < 4.78 is 27.4. The number of nitrogens with zero attached hydrogens (tertiary/aromatic N) is 1. The number of sulfonamides is 1. The molecule has 0 saturated heterocycles. The maximum Gasteiger partial charge on any atom is 0.241 e. The van der Waals surface area contributed by atoms with Crippen molar-refractivity contribution in [2.24, 2.45) is 0 Å². The maximum absolute atomic E-state index is 12.3. The molecule has 0 aliphatic heterocycles. The lowest BCUT2D eigenvalue weighted by Crippen LogP contribution is -2.41. The number of likely N-dealkylation sites (N-methyl/N-ethyl adjacent to an activating group) is 1. The summed E-state index contributed by atoms with van der Waals surface area (Å²) in [7, 11) is -3.42. The summed E-state index contributed by atoms with van der Waals surface area (Å²) in [5.74, 6) is 0. The van der Waals surface area contributed by atoms with Crippen molar-refractivity contribution in [2.45, 2.75) is 45.2 Å². The van der Waals surface area contributed by atoms with Crippen LogP contribution in [-0.2, 0) is 16.6 Å². The van der Waals surface area contributed by atoms with Crippen molar-refractivity contribution in [3.63, 3.8) is 0 Å². The van der Waals surface area contributed by atoms with Gasteiger partial charge in [-0.1, -0.05) is 20.8 Å². The Kier molecular flexibility index (Phi) is 7.83. The molecule has 0 fully saturated rings. The largest absolute Gasteiger partial charge is 0.312 e. The van der Waals surface area contributed by atoms with Crippen LogP contribution in [0.5, 0.6) is 0 Å². The fourth-order valence-electron chi connectivity index (χ4n) is 2.08. The van der Waals surface area contributed by atoms with E-state index in [1.54, 1.807) is 11.4 Å². The zero-order valence-electron chi connectivity index (χ0n) is 13.3. The summed E-state index contributed by atoms with van der Waals surface area (Å²) in [4.78, 5) is 3.61. The quantitative estimate of drug-likeness (QED) is 0.686. The Balaban J connectivity index is 2.65. The van der Waals surface area contributed by atoms with Crippen LogP contribution in [0, 0.1) is 0 Å². The smallest absolute Gasteiger partial charge is 0.241 e. The summed E-state index contributed by atoms with van der Waals surface area (Å²) >= 11 is 1.47. The Morgan fingerprint density at radius 3 is 2.52 bits per heavy atom. The van der Waals surface area contributed by atoms with E-state index < -0.39 is 10.0 Å². The zero-order chi connectivity index (χ0) is 15.9. The van der Waals surface area contributed by atoms with E-state index in [1.807, 2.05) is 13.8 Å². The van der Waals surface area contributed by atoms with Crippen molar-refractivity contribution in [1.29, 1.82) is 0 Å². The van der Waals surface area contributed by atoms with E-state index in [9.17, 15) is 8.42 Å². The van der Waals surface area contributed by atoms with Crippen LogP contribution in [0.4, 0.5) is 0 Å². The van der Waals surface area contributed by atoms with Gasteiger partial charge in [0, 0.05) is 29.4 Å². The average Bonchev–Trinajstić information content (AvgIpc) is 2.91. The molecule has 1 aromatic rings. The first-order valence-electron chi connectivity index (χ1n) is 7.45. The summed E-state index contributed by atoms with van der Waals surface area (Å²) in [6.45, 7) is 12.3. The normalized spacial score (nSPS) is 13.8. The van der Waals surface area contributed by atoms with Gasteiger partial charge in [-0.3, -0.25) is 0 Å². The Labute approximate surface area is 132 Å². The van der Waals surface area contributed by atoms with Gasteiger partial charge in [-0.05, 0) is 32.6 Å². The Morgan fingerprint density at radius 1 is 1.29 bits per heavy atom. The van der Waals surface area contributed by atoms with Crippen LogP contribution in [0.2, 0.25) is 0 Å². The molecule has 2 N–H and O–H groups in total. The van der Waals surface area contributed by atoms with Crippen LogP contribution >= 0.6 is 11.3 Å². The van der Waals surface area contributed by atoms with Gasteiger partial charge >= 0.3 is 0 Å². The highest BCUT2D eigenvalue weighted by Crippen LogP contribution is 2.19.